The van der Waals surface area contributed by atoms with E-state index in [9.17, 15) is 19.2 Å². The van der Waals surface area contributed by atoms with Gasteiger partial charge < -0.3 is 16.0 Å². The first kappa shape index (κ1) is 19.9. The van der Waals surface area contributed by atoms with Crippen molar-refractivity contribution in [2.24, 2.45) is 5.92 Å². The number of urea groups is 1. The number of carbonyl (C=O) groups excluding carboxylic acids is 4. The summed E-state index contributed by atoms with van der Waals surface area (Å²) in [5.41, 5.74) is -0.814. The third-order valence-corrected chi connectivity index (χ3v) is 6.86. The quantitative estimate of drug-likeness (QED) is 0.487. The van der Waals surface area contributed by atoms with Gasteiger partial charge in [0, 0.05) is 12.5 Å². The average molecular weight is 402 g/mol. The molecule has 0 aromatic heterocycles. The second-order valence-electron chi connectivity index (χ2n) is 8.81. The number of rotatable bonds is 4. The van der Waals surface area contributed by atoms with Gasteiger partial charge in [0.1, 0.15) is 12.1 Å². The molecule has 1 unspecified atom stereocenters. The minimum Gasteiger partial charge on any atom is -0.351 e. The summed E-state index contributed by atoms with van der Waals surface area (Å²) in [6.45, 7) is -0.270. The smallest absolute Gasteiger partial charge is 0.325 e. The summed E-state index contributed by atoms with van der Waals surface area (Å²) in [5, 5.41) is 8.88. The Morgan fingerprint density at radius 2 is 1.93 bits per heavy atom. The largest absolute Gasteiger partial charge is 0.351 e. The number of allylic oxidation sites excluding steroid dienone is 2. The van der Waals surface area contributed by atoms with Gasteiger partial charge in [-0.25, -0.2) is 4.79 Å². The lowest BCUT2D eigenvalue weighted by Crippen LogP contribution is -2.59. The van der Waals surface area contributed by atoms with Crippen molar-refractivity contribution in [2.75, 3.05) is 6.54 Å². The molecule has 8 nitrogen and oxygen atoms in total. The van der Waals surface area contributed by atoms with Crippen molar-refractivity contribution in [3.8, 4) is 0 Å². The van der Waals surface area contributed by atoms with E-state index in [1.165, 1.54) is 0 Å². The van der Waals surface area contributed by atoms with Gasteiger partial charge in [0.2, 0.25) is 11.8 Å². The van der Waals surface area contributed by atoms with Crippen molar-refractivity contribution in [3.63, 3.8) is 0 Å². The summed E-state index contributed by atoms with van der Waals surface area (Å²) in [6, 6.07) is -0.767. The van der Waals surface area contributed by atoms with Gasteiger partial charge >= 0.3 is 6.03 Å². The molecule has 8 heteroatoms. The standard InChI is InChI=1S/C21H30N4O4/c26-16-10-9-15(18(23-16)14-7-3-1-4-8-14)22-17(27)13-25-19(28)21(24-20(25)29)11-5-2-6-12-21/h1,3,14-15,18H,2,4-13H2,(H,22,27)(H,23,26)(H,24,29)/t14?,15-,18+/m1/s1. The molecule has 158 valence electrons. The Hall–Kier alpha value is -2.38. The molecule has 1 spiro atoms. The van der Waals surface area contributed by atoms with Crippen LogP contribution in [0.25, 0.3) is 0 Å². The number of hydrogen-bond acceptors (Lipinski definition) is 4. The Balaban J connectivity index is 1.39. The summed E-state index contributed by atoms with van der Waals surface area (Å²) in [4.78, 5) is 51.0. The number of hydrogen-bond donors (Lipinski definition) is 3. The van der Waals surface area contributed by atoms with Crippen LogP contribution in [-0.2, 0) is 14.4 Å². The predicted octanol–water partition coefficient (Wildman–Crippen LogP) is 1.36. The molecule has 2 aliphatic carbocycles. The number of carbonyl (C=O) groups is 4. The van der Waals surface area contributed by atoms with Crippen molar-refractivity contribution in [1.29, 1.82) is 0 Å². The fourth-order valence-electron chi connectivity index (χ4n) is 5.29. The van der Waals surface area contributed by atoms with Gasteiger partial charge in [-0.15, -0.1) is 0 Å². The van der Waals surface area contributed by atoms with E-state index in [1.54, 1.807) is 0 Å². The van der Waals surface area contributed by atoms with Crippen molar-refractivity contribution >= 4 is 23.8 Å². The lowest BCUT2D eigenvalue weighted by atomic mass is 9.81. The lowest BCUT2D eigenvalue weighted by molar-refractivity contribution is -0.136. The van der Waals surface area contributed by atoms with Gasteiger partial charge in [-0.1, -0.05) is 31.4 Å². The Labute approximate surface area is 170 Å². The highest BCUT2D eigenvalue weighted by Crippen LogP contribution is 2.33. The van der Waals surface area contributed by atoms with E-state index in [4.69, 9.17) is 0 Å². The maximum Gasteiger partial charge on any atom is 0.325 e. The summed E-state index contributed by atoms with van der Waals surface area (Å²) in [5.74, 6) is -0.317. The van der Waals surface area contributed by atoms with E-state index in [-0.39, 0.29) is 42.3 Å². The number of nitrogens with zero attached hydrogens (tertiary/aromatic N) is 1. The third-order valence-electron chi connectivity index (χ3n) is 6.86. The second kappa shape index (κ2) is 8.16. The van der Waals surface area contributed by atoms with Crippen molar-refractivity contribution < 1.29 is 19.2 Å². The maximum atomic E-state index is 12.9. The normalized spacial score (nSPS) is 31.5. The molecular formula is C21H30N4O4. The van der Waals surface area contributed by atoms with Crippen LogP contribution < -0.4 is 16.0 Å². The molecule has 0 aromatic carbocycles. The molecule has 5 amide bonds. The lowest BCUT2D eigenvalue weighted by Gasteiger charge is -2.38. The number of amides is 5. The summed E-state index contributed by atoms with van der Waals surface area (Å²) < 4.78 is 0. The van der Waals surface area contributed by atoms with Gasteiger partial charge in [0.25, 0.3) is 5.91 Å². The molecule has 1 saturated carbocycles. The monoisotopic (exact) mass is 402 g/mol. The molecule has 2 heterocycles. The van der Waals surface area contributed by atoms with Crippen LogP contribution in [0.4, 0.5) is 4.79 Å². The SMILES string of the molecule is O=C(CN1C(=O)NC2(CCCCC2)C1=O)N[C@@H]1CCC(=O)N[C@H]1C1CC=CCC1. The number of imide groups is 1. The average Bonchev–Trinajstić information content (AvgIpc) is 2.94. The van der Waals surface area contributed by atoms with Crippen LogP contribution in [0.5, 0.6) is 0 Å². The van der Waals surface area contributed by atoms with Gasteiger partial charge in [0.15, 0.2) is 0 Å². The van der Waals surface area contributed by atoms with Crippen LogP contribution in [0.1, 0.15) is 64.2 Å². The number of piperidine rings is 1. The summed E-state index contributed by atoms with van der Waals surface area (Å²) >= 11 is 0. The summed E-state index contributed by atoms with van der Waals surface area (Å²) in [6.07, 6.45) is 12.2. The zero-order valence-corrected chi connectivity index (χ0v) is 16.7. The molecule has 3 N–H and O–H groups in total. The van der Waals surface area contributed by atoms with E-state index in [1.807, 2.05) is 0 Å². The molecule has 0 aromatic rings. The van der Waals surface area contributed by atoms with E-state index >= 15 is 0 Å². The summed E-state index contributed by atoms with van der Waals surface area (Å²) in [7, 11) is 0. The molecule has 2 aliphatic heterocycles. The highest BCUT2D eigenvalue weighted by Gasteiger charge is 2.51. The predicted molar refractivity (Wildman–Crippen MR) is 106 cm³/mol. The molecule has 3 atom stereocenters. The molecular weight excluding hydrogens is 372 g/mol. The minimum atomic E-state index is -0.814. The van der Waals surface area contributed by atoms with Crippen LogP contribution in [0.3, 0.4) is 0 Å². The van der Waals surface area contributed by atoms with Crippen LogP contribution in [0, 0.1) is 5.92 Å². The molecule has 0 bridgehead atoms. The van der Waals surface area contributed by atoms with Gasteiger partial charge in [-0.3, -0.25) is 19.3 Å². The van der Waals surface area contributed by atoms with Gasteiger partial charge in [-0.05, 0) is 44.4 Å². The molecule has 0 radical (unpaired) electrons. The zero-order valence-electron chi connectivity index (χ0n) is 16.7. The van der Waals surface area contributed by atoms with E-state index in [0.717, 1.165) is 43.4 Å². The first-order chi connectivity index (χ1) is 14.0. The van der Waals surface area contributed by atoms with E-state index < -0.39 is 11.6 Å². The zero-order chi connectivity index (χ0) is 20.4. The Morgan fingerprint density at radius 3 is 2.66 bits per heavy atom. The third kappa shape index (κ3) is 4.02. The highest BCUT2D eigenvalue weighted by atomic mass is 16.2. The van der Waals surface area contributed by atoms with Gasteiger partial charge in [-0.2, -0.15) is 0 Å². The number of nitrogens with one attached hydrogen (secondary N) is 3. The maximum absolute atomic E-state index is 12.9. The first-order valence-electron chi connectivity index (χ1n) is 10.9. The van der Waals surface area contributed by atoms with Crippen molar-refractivity contribution in [3.05, 3.63) is 12.2 Å². The Bertz CT molecular complexity index is 728. The van der Waals surface area contributed by atoms with Gasteiger partial charge in [0.05, 0.1) is 6.04 Å². The molecule has 3 fully saturated rings. The van der Waals surface area contributed by atoms with E-state index in [2.05, 4.69) is 28.1 Å². The van der Waals surface area contributed by atoms with Crippen LogP contribution >= 0.6 is 0 Å². The topological polar surface area (TPSA) is 108 Å². The van der Waals surface area contributed by atoms with E-state index in [0.29, 0.717) is 25.7 Å². The highest BCUT2D eigenvalue weighted by molar-refractivity contribution is 6.09. The Morgan fingerprint density at radius 1 is 1.14 bits per heavy atom. The molecule has 4 aliphatic rings. The molecule has 4 rings (SSSR count). The van der Waals surface area contributed by atoms with Crippen LogP contribution in [0.2, 0.25) is 0 Å². The van der Waals surface area contributed by atoms with Crippen LogP contribution in [0.15, 0.2) is 12.2 Å². The fraction of sp³-hybridized carbons (Fsp3) is 0.714. The molecule has 2 saturated heterocycles. The van der Waals surface area contributed by atoms with Crippen molar-refractivity contribution in [1.82, 2.24) is 20.9 Å². The Kier molecular flexibility index (Phi) is 5.61. The second-order valence-corrected chi connectivity index (χ2v) is 8.81. The fourth-order valence-corrected chi connectivity index (χ4v) is 5.29. The first-order valence-corrected chi connectivity index (χ1v) is 10.9. The minimum absolute atomic E-state index is 0.0170. The molecule has 29 heavy (non-hydrogen) atoms. The van der Waals surface area contributed by atoms with Crippen molar-refractivity contribution in [2.45, 2.75) is 81.8 Å². The van der Waals surface area contributed by atoms with Crippen LogP contribution in [-0.4, -0.2) is 52.8 Å².